The van der Waals surface area contributed by atoms with Crippen molar-refractivity contribution in [1.29, 1.82) is 0 Å². The lowest BCUT2D eigenvalue weighted by atomic mass is 10.0. The third-order valence-electron chi connectivity index (χ3n) is 4.41. The minimum absolute atomic E-state index is 0.910. The van der Waals surface area contributed by atoms with Gasteiger partial charge in [0.1, 0.15) is 5.75 Å². The minimum atomic E-state index is 0.910. The van der Waals surface area contributed by atoms with Crippen molar-refractivity contribution in [2.75, 3.05) is 26.7 Å². The summed E-state index contributed by atoms with van der Waals surface area (Å²) in [5.41, 5.74) is 2.45. The molecular formula is C18H24N2O. The van der Waals surface area contributed by atoms with Crippen molar-refractivity contribution in [2.45, 2.75) is 32.1 Å². The van der Waals surface area contributed by atoms with Crippen LogP contribution in [-0.4, -0.2) is 36.6 Å². The largest absolute Gasteiger partial charge is 0.497 e. The SMILES string of the molecule is COc1ccc2nccc(CCCN3CCCCC3)c2c1. The Kier molecular flexibility index (Phi) is 4.71. The summed E-state index contributed by atoms with van der Waals surface area (Å²) < 4.78 is 5.34. The van der Waals surface area contributed by atoms with E-state index in [1.165, 1.54) is 56.3 Å². The molecule has 112 valence electrons. The van der Waals surface area contributed by atoms with Crippen LogP contribution in [0.15, 0.2) is 30.5 Å². The highest BCUT2D eigenvalue weighted by Crippen LogP contribution is 2.23. The van der Waals surface area contributed by atoms with Crippen LogP contribution in [0.3, 0.4) is 0 Å². The first kappa shape index (κ1) is 14.3. The fraction of sp³-hybridized carbons (Fsp3) is 0.500. The normalized spacial score (nSPS) is 16.2. The molecule has 2 aromatic rings. The fourth-order valence-electron chi connectivity index (χ4n) is 3.20. The second-order valence-electron chi connectivity index (χ2n) is 5.86. The van der Waals surface area contributed by atoms with Gasteiger partial charge in [0.25, 0.3) is 0 Å². The van der Waals surface area contributed by atoms with Crippen LogP contribution in [0.5, 0.6) is 5.75 Å². The minimum Gasteiger partial charge on any atom is -0.497 e. The van der Waals surface area contributed by atoms with Gasteiger partial charge in [0.15, 0.2) is 0 Å². The Morgan fingerprint density at radius 2 is 2.00 bits per heavy atom. The van der Waals surface area contributed by atoms with Gasteiger partial charge < -0.3 is 9.64 Å². The molecule has 1 aliphatic heterocycles. The zero-order valence-corrected chi connectivity index (χ0v) is 12.8. The van der Waals surface area contributed by atoms with Crippen LogP contribution in [0.25, 0.3) is 10.9 Å². The van der Waals surface area contributed by atoms with Crippen LogP contribution in [-0.2, 0) is 6.42 Å². The van der Waals surface area contributed by atoms with Gasteiger partial charge in [-0.15, -0.1) is 0 Å². The molecule has 0 N–H and O–H groups in total. The third-order valence-corrected chi connectivity index (χ3v) is 4.41. The van der Waals surface area contributed by atoms with E-state index in [-0.39, 0.29) is 0 Å². The Labute approximate surface area is 126 Å². The van der Waals surface area contributed by atoms with E-state index in [1.807, 2.05) is 18.3 Å². The zero-order chi connectivity index (χ0) is 14.5. The number of piperidine rings is 1. The van der Waals surface area contributed by atoms with Crippen LogP contribution >= 0.6 is 0 Å². The van der Waals surface area contributed by atoms with Crippen LogP contribution in [0.2, 0.25) is 0 Å². The molecule has 2 heterocycles. The Balaban J connectivity index is 1.68. The van der Waals surface area contributed by atoms with E-state index >= 15 is 0 Å². The summed E-state index contributed by atoms with van der Waals surface area (Å²) in [6, 6.07) is 8.28. The van der Waals surface area contributed by atoms with Gasteiger partial charge in [-0.3, -0.25) is 4.98 Å². The van der Waals surface area contributed by atoms with Gasteiger partial charge in [-0.25, -0.2) is 0 Å². The van der Waals surface area contributed by atoms with Gasteiger partial charge in [0.2, 0.25) is 0 Å². The number of hydrogen-bond donors (Lipinski definition) is 0. The number of aryl methyl sites for hydroxylation is 1. The van der Waals surface area contributed by atoms with Gasteiger partial charge in [0.05, 0.1) is 12.6 Å². The molecule has 0 bridgehead atoms. The standard InChI is InChI=1S/C18H24N2O/c1-21-16-7-8-18-17(14-16)15(9-10-19-18)6-5-13-20-11-3-2-4-12-20/h7-10,14H,2-6,11-13H2,1H3. The molecule has 0 aliphatic carbocycles. The average Bonchev–Trinajstić information content (AvgIpc) is 2.55. The molecule has 3 rings (SSSR count). The summed E-state index contributed by atoms with van der Waals surface area (Å²) in [5, 5.41) is 1.23. The summed E-state index contributed by atoms with van der Waals surface area (Å²) in [5.74, 6) is 0.910. The maximum absolute atomic E-state index is 5.34. The first-order chi connectivity index (χ1) is 10.4. The average molecular weight is 284 g/mol. The molecule has 0 atom stereocenters. The Morgan fingerprint density at radius 3 is 2.81 bits per heavy atom. The number of aromatic nitrogens is 1. The lowest BCUT2D eigenvalue weighted by Gasteiger charge is -2.26. The van der Waals surface area contributed by atoms with E-state index in [4.69, 9.17) is 4.74 Å². The molecule has 1 aromatic heterocycles. The Hall–Kier alpha value is -1.61. The molecule has 1 fully saturated rings. The summed E-state index contributed by atoms with van der Waals surface area (Å²) >= 11 is 0. The fourth-order valence-corrected chi connectivity index (χ4v) is 3.20. The molecule has 3 heteroatoms. The van der Waals surface area contributed by atoms with E-state index < -0.39 is 0 Å². The molecule has 0 amide bonds. The summed E-state index contributed by atoms with van der Waals surface area (Å²) in [6.07, 6.45) is 8.40. The zero-order valence-electron chi connectivity index (χ0n) is 12.8. The van der Waals surface area contributed by atoms with Crippen molar-refractivity contribution >= 4 is 10.9 Å². The number of likely N-dealkylation sites (tertiary alicyclic amines) is 1. The molecule has 1 aromatic carbocycles. The highest BCUT2D eigenvalue weighted by atomic mass is 16.5. The second kappa shape index (κ2) is 6.90. The monoisotopic (exact) mass is 284 g/mol. The van der Waals surface area contributed by atoms with Crippen LogP contribution in [0, 0.1) is 0 Å². The molecule has 21 heavy (non-hydrogen) atoms. The predicted molar refractivity (Wildman–Crippen MR) is 86.9 cm³/mol. The van der Waals surface area contributed by atoms with Crippen LogP contribution < -0.4 is 4.74 Å². The van der Waals surface area contributed by atoms with Crippen molar-refractivity contribution in [3.05, 3.63) is 36.0 Å². The van der Waals surface area contributed by atoms with E-state index in [0.29, 0.717) is 0 Å². The summed E-state index contributed by atoms with van der Waals surface area (Å²) in [7, 11) is 1.72. The Bertz CT molecular complexity index is 591. The number of benzene rings is 1. The molecule has 1 aliphatic rings. The molecule has 0 saturated carbocycles. The highest BCUT2D eigenvalue weighted by Gasteiger charge is 2.10. The molecule has 0 spiro atoms. The van der Waals surface area contributed by atoms with Gasteiger partial charge in [-0.1, -0.05) is 6.42 Å². The van der Waals surface area contributed by atoms with Crippen LogP contribution in [0.1, 0.15) is 31.2 Å². The summed E-state index contributed by atoms with van der Waals surface area (Å²) in [6.45, 7) is 3.78. The number of methoxy groups -OCH3 is 1. The smallest absolute Gasteiger partial charge is 0.119 e. The van der Waals surface area contributed by atoms with Crippen molar-refractivity contribution in [2.24, 2.45) is 0 Å². The topological polar surface area (TPSA) is 25.4 Å². The van der Waals surface area contributed by atoms with Gasteiger partial charge in [-0.2, -0.15) is 0 Å². The van der Waals surface area contributed by atoms with Crippen molar-refractivity contribution < 1.29 is 4.74 Å². The number of nitrogens with zero attached hydrogens (tertiary/aromatic N) is 2. The summed E-state index contributed by atoms with van der Waals surface area (Å²) in [4.78, 5) is 7.05. The molecule has 0 unspecified atom stereocenters. The van der Waals surface area contributed by atoms with Crippen LogP contribution in [0.4, 0.5) is 0 Å². The number of ether oxygens (including phenoxy) is 1. The molecule has 3 nitrogen and oxygen atoms in total. The van der Waals surface area contributed by atoms with Crippen molar-refractivity contribution in [1.82, 2.24) is 9.88 Å². The highest BCUT2D eigenvalue weighted by molar-refractivity contribution is 5.83. The molecular weight excluding hydrogens is 260 g/mol. The molecule has 1 saturated heterocycles. The number of rotatable bonds is 5. The lowest BCUT2D eigenvalue weighted by molar-refractivity contribution is 0.226. The first-order valence-corrected chi connectivity index (χ1v) is 8.01. The van der Waals surface area contributed by atoms with Gasteiger partial charge in [0, 0.05) is 11.6 Å². The van der Waals surface area contributed by atoms with E-state index in [0.717, 1.165) is 17.7 Å². The van der Waals surface area contributed by atoms with E-state index in [2.05, 4.69) is 22.0 Å². The first-order valence-electron chi connectivity index (χ1n) is 8.01. The number of fused-ring (bicyclic) bond motifs is 1. The maximum Gasteiger partial charge on any atom is 0.119 e. The Morgan fingerprint density at radius 1 is 1.14 bits per heavy atom. The lowest BCUT2D eigenvalue weighted by Crippen LogP contribution is -2.30. The second-order valence-corrected chi connectivity index (χ2v) is 5.86. The van der Waals surface area contributed by atoms with Crippen molar-refractivity contribution in [3.8, 4) is 5.75 Å². The van der Waals surface area contributed by atoms with E-state index in [1.54, 1.807) is 7.11 Å². The molecule has 0 radical (unpaired) electrons. The number of hydrogen-bond acceptors (Lipinski definition) is 3. The third kappa shape index (κ3) is 3.53. The van der Waals surface area contributed by atoms with Crippen molar-refractivity contribution in [3.63, 3.8) is 0 Å². The van der Waals surface area contributed by atoms with E-state index in [9.17, 15) is 0 Å². The van der Waals surface area contributed by atoms with Gasteiger partial charge in [-0.05, 0) is 75.1 Å². The number of pyridine rings is 1. The van der Waals surface area contributed by atoms with Gasteiger partial charge >= 0.3 is 0 Å². The maximum atomic E-state index is 5.34. The quantitative estimate of drug-likeness (QED) is 0.838. The predicted octanol–water partition coefficient (Wildman–Crippen LogP) is 3.66.